The monoisotopic (exact) mass is 227 g/mol. The lowest BCUT2D eigenvalue weighted by Gasteiger charge is -2.08. The van der Waals surface area contributed by atoms with Crippen molar-refractivity contribution in [2.24, 2.45) is 5.92 Å². The fourth-order valence-corrected chi connectivity index (χ4v) is 1.79. The van der Waals surface area contributed by atoms with Gasteiger partial charge in [-0.1, -0.05) is 12.1 Å². The van der Waals surface area contributed by atoms with Crippen LogP contribution in [0.2, 0.25) is 0 Å². The molecule has 1 fully saturated rings. The van der Waals surface area contributed by atoms with Crippen LogP contribution in [0, 0.1) is 5.92 Å². The lowest BCUT2D eigenvalue weighted by atomic mass is 10.1. The quantitative estimate of drug-likeness (QED) is 0.846. The summed E-state index contributed by atoms with van der Waals surface area (Å²) in [6, 6.07) is 7.69. The Morgan fingerprint density at radius 2 is 2.18 bits per heavy atom. The van der Waals surface area contributed by atoms with Crippen LogP contribution in [0.25, 0.3) is 11.4 Å². The molecule has 0 atom stereocenters. The first-order valence-electron chi connectivity index (χ1n) is 5.74. The molecule has 0 aliphatic heterocycles. The van der Waals surface area contributed by atoms with Gasteiger partial charge in [-0.15, -0.1) is 0 Å². The second-order valence-corrected chi connectivity index (χ2v) is 4.25. The lowest BCUT2D eigenvalue weighted by Crippen LogP contribution is -2.14. The second kappa shape index (κ2) is 4.05. The molecule has 1 amide bonds. The van der Waals surface area contributed by atoms with E-state index in [4.69, 9.17) is 0 Å². The molecule has 1 heterocycles. The van der Waals surface area contributed by atoms with E-state index in [1.807, 2.05) is 24.3 Å². The van der Waals surface area contributed by atoms with Crippen molar-refractivity contribution in [3.8, 4) is 11.4 Å². The number of benzene rings is 1. The summed E-state index contributed by atoms with van der Waals surface area (Å²) in [6.45, 7) is 0. The summed E-state index contributed by atoms with van der Waals surface area (Å²) in [5.41, 5.74) is 1.74. The van der Waals surface area contributed by atoms with Gasteiger partial charge in [0, 0.05) is 23.9 Å². The molecule has 3 rings (SSSR count). The average Bonchev–Trinajstić information content (AvgIpc) is 3.06. The van der Waals surface area contributed by atoms with Gasteiger partial charge in [-0.05, 0) is 25.0 Å². The lowest BCUT2D eigenvalue weighted by molar-refractivity contribution is -0.117. The largest absolute Gasteiger partial charge is 0.345 e. The van der Waals surface area contributed by atoms with Gasteiger partial charge in [-0.3, -0.25) is 4.79 Å². The predicted octanol–water partition coefficient (Wildman–Crippen LogP) is 2.43. The van der Waals surface area contributed by atoms with Gasteiger partial charge < -0.3 is 10.3 Å². The van der Waals surface area contributed by atoms with Crippen molar-refractivity contribution in [3.05, 3.63) is 36.7 Å². The van der Waals surface area contributed by atoms with Crippen LogP contribution in [0.5, 0.6) is 0 Å². The van der Waals surface area contributed by atoms with E-state index in [0.29, 0.717) is 0 Å². The van der Waals surface area contributed by atoms with Crippen molar-refractivity contribution in [2.75, 3.05) is 5.32 Å². The maximum Gasteiger partial charge on any atom is 0.227 e. The maximum absolute atomic E-state index is 11.8. The van der Waals surface area contributed by atoms with E-state index in [1.165, 1.54) is 0 Å². The Morgan fingerprint density at radius 1 is 1.35 bits per heavy atom. The fraction of sp³-hybridized carbons (Fsp3) is 0.231. The fourth-order valence-electron chi connectivity index (χ4n) is 1.79. The van der Waals surface area contributed by atoms with Crippen molar-refractivity contribution in [1.82, 2.24) is 9.97 Å². The van der Waals surface area contributed by atoms with Gasteiger partial charge in [0.25, 0.3) is 0 Å². The van der Waals surface area contributed by atoms with Crippen molar-refractivity contribution in [2.45, 2.75) is 12.8 Å². The molecule has 2 aromatic rings. The minimum absolute atomic E-state index is 0.115. The number of anilines is 1. The highest BCUT2D eigenvalue weighted by atomic mass is 16.2. The number of carbonyl (C=O) groups excluding carboxylic acids is 1. The van der Waals surface area contributed by atoms with Crippen LogP contribution in [-0.4, -0.2) is 15.9 Å². The molecule has 0 saturated heterocycles. The standard InChI is InChI=1S/C13H13N3O/c17-13(9-5-6-9)16-11-4-2-1-3-10(11)12-14-7-8-15-12/h1-4,7-9H,5-6H2,(H,14,15)(H,16,17). The number of rotatable bonds is 3. The first-order valence-corrected chi connectivity index (χ1v) is 5.74. The molecule has 4 heteroatoms. The molecule has 86 valence electrons. The third-order valence-corrected chi connectivity index (χ3v) is 2.89. The van der Waals surface area contributed by atoms with Crippen LogP contribution in [-0.2, 0) is 4.79 Å². The molecular weight excluding hydrogens is 214 g/mol. The Morgan fingerprint density at radius 3 is 2.88 bits per heavy atom. The van der Waals surface area contributed by atoms with E-state index in [9.17, 15) is 4.79 Å². The van der Waals surface area contributed by atoms with Crippen molar-refractivity contribution in [1.29, 1.82) is 0 Å². The molecule has 2 N–H and O–H groups in total. The minimum atomic E-state index is 0.115. The van der Waals surface area contributed by atoms with Crippen LogP contribution in [0.3, 0.4) is 0 Å². The molecule has 1 aliphatic rings. The van der Waals surface area contributed by atoms with Crippen molar-refractivity contribution in [3.63, 3.8) is 0 Å². The number of H-pyrrole nitrogens is 1. The number of hydrogen-bond donors (Lipinski definition) is 2. The van der Waals surface area contributed by atoms with E-state index in [-0.39, 0.29) is 11.8 Å². The molecule has 1 aliphatic carbocycles. The van der Waals surface area contributed by atoms with Crippen LogP contribution in [0.4, 0.5) is 5.69 Å². The number of imidazole rings is 1. The van der Waals surface area contributed by atoms with Crippen molar-refractivity contribution < 1.29 is 4.79 Å². The maximum atomic E-state index is 11.8. The Hall–Kier alpha value is -2.10. The van der Waals surface area contributed by atoms with Crippen LogP contribution in [0.15, 0.2) is 36.7 Å². The zero-order valence-electron chi connectivity index (χ0n) is 9.31. The molecule has 1 aromatic carbocycles. The topological polar surface area (TPSA) is 57.8 Å². The summed E-state index contributed by atoms with van der Waals surface area (Å²) < 4.78 is 0. The molecule has 0 spiro atoms. The second-order valence-electron chi connectivity index (χ2n) is 4.25. The summed E-state index contributed by atoms with van der Waals surface area (Å²) in [7, 11) is 0. The smallest absolute Gasteiger partial charge is 0.227 e. The van der Waals surface area contributed by atoms with Gasteiger partial charge >= 0.3 is 0 Å². The summed E-state index contributed by atoms with van der Waals surface area (Å²) in [5.74, 6) is 1.10. The number of aromatic nitrogens is 2. The summed E-state index contributed by atoms with van der Waals surface area (Å²) in [4.78, 5) is 19.0. The van der Waals surface area contributed by atoms with Gasteiger partial charge in [0.1, 0.15) is 5.82 Å². The number of carbonyl (C=O) groups is 1. The number of nitrogens with zero attached hydrogens (tertiary/aromatic N) is 1. The summed E-state index contributed by atoms with van der Waals surface area (Å²) in [6.07, 6.45) is 5.49. The molecule has 0 radical (unpaired) electrons. The van der Waals surface area contributed by atoms with E-state index in [0.717, 1.165) is 29.9 Å². The normalized spacial score (nSPS) is 14.6. The highest BCUT2D eigenvalue weighted by molar-refractivity contribution is 5.97. The van der Waals surface area contributed by atoms with Gasteiger partial charge in [0.2, 0.25) is 5.91 Å². The van der Waals surface area contributed by atoms with Crippen LogP contribution < -0.4 is 5.32 Å². The molecule has 1 aromatic heterocycles. The van der Waals surface area contributed by atoms with E-state index >= 15 is 0 Å². The van der Waals surface area contributed by atoms with E-state index in [1.54, 1.807) is 12.4 Å². The summed E-state index contributed by atoms with van der Waals surface area (Å²) in [5, 5.41) is 2.96. The van der Waals surface area contributed by atoms with Gasteiger partial charge in [0.05, 0.1) is 5.69 Å². The molecule has 0 unspecified atom stereocenters. The summed E-state index contributed by atoms with van der Waals surface area (Å²) >= 11 is 0. The van der Waals surface area contributed by atoms with E-state index in [2.05, 4.69) is 15.3 Å². The number of para-hydroxylation sites is 1. The third kappa shape index (κ3) is 2.06. The zero-order valence-corrected chi connectivity index (χ0v) is 9.31. The molecular formula is C13H13N3O. The first-order chi connectivity index (χ1) is 8.34. The zero-order chi connectivity index (χ0) is 11.7. The molecule has 1 saturated carbocycles. The van der Waals surface area contributed by atoms with Gasteiger partial charge in [-0.25, -0.2) is 4.98 Å². The number of hydrogen-bond acceptors (Lipinski definition) is 2. The van der Waals surface area contributed by atoms with E-state index < -0.39 is 0 Å². The Labute approximate surface area is 99.1 Å². The highest BCUT2D eigenvalue weighted by Gasteiger charge is 2.29. The number of aromatic amines is 1. The average molecular weight is 227 g/mol. The molecule has 4 nitrogen and oxygen atoms in total. The Kier molecular flexibility index (Phi) is 2.40. The van der Waals surface area contributed by atoms with Crippen molar-refractivity contribution >= 4 is 11.6 Å². The molecule has 0 bridgehead atoms. The molecule has 17 heavy (non-hydrogen) atoms. The highest BCUT2D eigenvalue weighted by Crippen LogP contribution is 2.32. The Bertz CT molecular complexity index is 529. The van der Waals surface area contributed by atoms with Crippen LogP contribution in [0.1, 0.15) is 12.8 Å². The number of amides is 1. The van der Waals surface area contributed by atoms with Crippen LogP contribution >= 0.6 is 0 Å². The Balaban J connectivity index is 1.90. The van der Waals surface area contributed by atoms with Gasteiger partial charge in [-0.2, -0.15) is 0 Å². The minimum Gasteiger partial charge on any atom is -0.345 e. The SMILES string of the molecule is O=C(Nc1ccccc1-c1ncc[nH]1)C1CC1. The first kappa shape index (κ1) is 10.1. The predicted molar refractivity (Wildman–Crippen MR) is 65.4 cm³/mol. The third-order valence-electron chi connectivity index (χ3n) is 2.89. The number of nitrogens with one attached hydrogen (secondary N) is 2. The van der Waals surface area contributed by atoms with Gasteiger partial charge in [0.15, 0.2) is 0 Å².